The van der Waals surface area contributed by atoms with Crippen molar-refractivity contribution in [3.8, 4) is 11.5 Å². The number of halogens is 1. The van der Waals surface area contributed by atoms with Crippen molar-refractivity contribution in [2.75, 3.05) is 6.79 Å². The lowest BCUT2D eigenvalue weighted by Crippen LogP contribution is -2.36. The van der Waals surface area contributed by atoms with Crippen molar-refractivity contribution in [2.45, 2.75) is 25.4 Å². The lowest BCUT2D eigenvalue weighted by Gasteiger charge is -2.15. The summed E-state index contributed by atoms with van der Waals surface area (Å²) in [6, 6.07) is 9.99. The Bertz CT molecular complexity index is 794. The van der Waals surface area contributed by atoms with Crippen LogP contribution in [0.5, 0.6) is 11.5 Å². The number of rotatable bonds is 3. The van der Waals surface area contributed by atoms with Gasteiger partial charge in [0.05, 0.1) is 6.04 Å². The van der Waals surface area contributed by atoms with Crippen LogP contribution in [0.25, 0.3) is 0 Å². The van der Waals surface area contributed by atoms with Crippen LogP contribution in [0.2, 0.25) is 0 Å². The first kappa shape index (κ1) is 14.8. The summed E-state index contributed by atoms with van der Waals surface area (Å²) in [5, 5.41) is 5.79. The Hall–Kier alpha value is -2.76. The van der Waals surface area contributed by atoms with E-state index in [1.54, 1.807) is 12.1 Å². The Labute approximate surface area is 138 Å². The molecule has 1 aliphatic carbocycles. The number of hydrogen-bond acceptors (Lipinski definition) is 3. The van der Waals surface area contributed by atoms with Gasteiger partial charge in [-0.3, -0.25) is 0 Å². The highest BCUT2D eigenvalue weighted by Crippen LogP contribution is 2.33. The highest BCUT2D eigenvalue weighted by Gasteiger charge is 2.24. The van der Waals surface area contributed by atoms with Crippen molar-refractivity contribution in [1.82, 2.24) is 10.6 Å². The second-order valence-corrected chi connectivity index (χ2v) is 5.95. The second-order valence-electron chi connectivity index (χ2n) is 5.95. The minimum atomic E-state index is -0.241. The molecule has 0 spiro atoms. The smallest absolute Gasteiger partial charge is 0.315 e. The van der Waals surface area contributed by atoms with Crippen LogP contribution < -0.4 is 20.1 Å². The number of nitrogens with one attached hydrogen (secondary N) is 2. The van der Waals surface area contributed by atoms with Crippen LogP contribution in [0.15, 0.2) is 36.4 Å². The fourth-order valence-electron chi connectivity index (χ4n) is 3.18. The maximum Gasteiger partial charge on any atom is 0.315 e. The van der Waals surface area contributed by atoms with Crippen LogP contribution >= 0.6 is 0 Å². The van der Waals surface area contributed by atoms with Gasteiger partial charge >= 0.3 is 6.03 Å². The number of urea groups is 1. The van der Waals surface area contributed by atoms with Crippen molar-refractivity contribution < 1.29 is 18.7 Å². The molecular weight excluding hydrogens is 311 g/mol. The molecule has 1 atom stereocenters. The molecule has 2 aromatic carbocycles. The summed E-state index contributed by atoms with van der Waals surface area (Å²) in [6.45, 7) is 0.625. The molecule has 0 fully saturated rings. The van der Waals surface area contributed by atoms with Crippen LogP contribution in [0.4, 0.5) is 9.18 Å². The molecule has 6 heteroatoms. The van der Waals surface area contributed by atoms with Gasteiger partial charge in [0.1, 0.15) is 5.82 Å². The Morgan fingerprint density at radius 3 is 2.96 bits per heavy atom. The van der Waals surface area contributed by atoms with E-state index in [1.807, 2.05) is 18.2 Å². The lowest BCUT2D eigenvalue weighted by molar-refractivity contribution is 0.174. The average molecular weight is 328 g/mol. The first-order valence-electron chi connectivity index (χ1n) is 7.90. The quantitative estimate of drug-likeness (QED) is 0.910. The second kappa shape index (κ2) is 6.03. The monoisotopic (exact) mass is 328 g/mol. The van der Waals surface area contributed by atoms with E-state index < -0.39 is 0 Å². The molecule has 1 unspecified atom stereocenters. The Morgan fingerprint density at radius 2 is 2.04 bits per heavy atom. The van der Waals surface area contributed by atoms with E-state index >= 15 is 0 Å². The molecule has 1 heterocycles. The number of benzene rings is 2. The molecular formula is C18H17FN2O3. The number of carbonyl (C=O) groups excluding carboxylic acids is 1. The predicted molar refractivity (Wildman–Crippen MR) is 85.4 cm³/mol. The van der Waals surface area contributed by atoms with Crippen molar-refractivity contribution >= 4 is 6.03 Å². The van der Waals surface area contributed by atoms with Gasteiger partial charge in [-0.25, -0.2) is 9.18 Å². The third-order valence-corrected chi connectivity index (χ3v) is 4.38. The number of carbonyl (C=O) groups is 1. The zero-order valence-electron chi connectivity index (χ0n) is 13.0. The summed E-state index contributed by atoms with van der Waals surface area (Å²) in [6.07, 6.45) is 1.57. The van der Waals surface area contributed by atoms with Crippen LogP contribution in [0.3, 0.4) is 0 Å². The van der Waals surface area contributed by atoms with Crippen molar-refractivity contribution in [3.63, 3.8) is 0 Å². The summed E-state index contributed by atoms with van der Waals surface area (Å²) >= 11 is 0. The standard InChI is InChI=1S/C18H17FN2O3/c19-13-3-4-14-12(8-13)2-5-15(14)21-18(22)20-9-11-1-6-16-17(7-11)24-10-23-16/h1,3-4,6-8,15H,2,5,9-10H2,(H2,20,21,22). The van der Waals surface area contributed by atoms with Gasteiger partial charge in [0.15, 0.2) is 11.5 Å². The molecule has 0 saturated carbocycles. The maximum absolute atomic E-state index is 13.2. The Morgan fingerprint density at radius 1 is 1.17 bits per heavy atom. The molecule has 0 saturated heterocycles. The molecule has 2 aromatic rings. The van der Waals surface area contributed by atoms with Gasteiger partial charge in [-0.15, -0.1) is 0 Å². The summed E-state index contributed by atoms with van der Waals surface area (Å²) in [4.78, 5) is 12.1. The number of aryl methyl sites for hydroxylation is 1. The third kappa shape index (κ3) is 2.87. The highest BCUT2D eigenvalue weighted by molar-refractivity contribution is 5.74. The summed E-state index contributed by atoms with van der Waals surface area (Å²) in [7, 11) is 0. The first-order chi connectivity index (χ1) is 11.7. The molecule has 5 nitrogen and oxygen atoms in total. The summed E-state index contributed by atoms with van der Waals surface area (Å²) < 4.78 is 23.8. The van der Waals surface area contributed by atoms with E-state index in [9.17, 15) is 9.18 Å². The lowest BCUT2D eigenvalue weighted by atomic mass is 10.1. The highest BCUT2D eigenvalue weighted by atomic mass is 19.1. The molecule has 0 radical (unpaired) electrons. The van der Waals surface area contributed by atoms with Crippen molar-refractivity contribution in [2.24, 2.45) is 0 Å². The van der Waals surface area contributed by atoms with Gasteiger partial charge in [-0.05, 0) is 53.8 Å². The normalized spacial score (nSPS) is 17.5. The van der Waals surface area contributed by atoms with Gasteiger partial charge in [-0.1, -0.05) is 12.1 Å². The third-order valence-electron chi connectivity index (χ3n) is 4.38. The number of ether oxygens (including phenoxy) is 2. The van der Waals surface area contributed by atoms with E-state index in [-0.39, 0.29) is 24.7 Å². The van der Waals surface area contributed by atoms with Crippen LogP contribution in [-0.2, 0) is 13.0 Å². The zero-order valence-corrected chi connectivity index (χ0v) is 13.0. The fourth-order valence-corrected chi connectivity index (χ4v) is 3.18. The number of hydrogen-bond donors (Lipinski definition) is 2. The van der Waals surface area contributed by atoms with Crippen LogP contribution in [-0.4, -0.2) is 12.8 Å². The molecule has 0 aromatic heterocycles. The zero-order chi connectivity index (χ0) is 16.5. The SMILES string of the molecule is O=C(NCc1ccc2c(c1)OCO2)NC1CCc2cc(F)ccc21. The molecule has 124 valence electrons. The fraction of sp³-hybridized carbons (Fsp3) is 0.278. The molecule has 1 aliphatic heterocycles. The van der Waals surface area contributed by atoms with Crippen LogP contribution in [0, 0.1) is 5.82 Å². The first-order valence-corrected chi connectivity index (χ1v) is 7.90. The molecule has 4 rings (SSSR count). The van der Waals surface area contributed by atoms with E-state index in [1.165, 1.54) is 6.07 Å². The van der Waals surface area contributed by atoms with Gasteiger partial charge in [0.2, 0.25) is 6.79 Å². The molecule has 2 amide bonds. The van der Waals surface area contributed by atoms with E-state index in [2.05, 4.69) is 10.6 Å². The Kier molecular flexibility index (Phi) is 3.72. The number of amides is 2. The van der Waals surface area contributed by atoms with Gasteiger partial charge in [-0.2, -0.15) is 0 Å². The summed E-state index contributed by atoms with van der Waals surface area (Å²) in [5.74, 6) is 1.18. The van der Waals surface area contributed by atoms with Crippen molar-refractivity contribution in [3.05, 3.63) is 58.9 Å². The largest absolute Gasteiger partial charge is 0.454 e. The van der Waals surface area contributed by atoms with Crippen molar-refractivity contribution in [1.29, 1.82) is 0 Å². The Balaban J connectivity index is 1.35. The molecule has 2 N–H and O–H groups in total. The number of fused-ring (bicyclic) bond motifs is 2. The van der Waals surface area contributed by atoms with E-state index in [0.717, 1.165) is 35.3 Å². The molecule has 0 bridgehead atoms. The maximum atomic E-state index is 13.2. The van der Waals surface area contributed by atoms with Gasteiger partial charge in [0.25, 0.3) is 0 Å². The minimum Gasteiger partial charge on any atom is -0.454 e. The average Bonchev–Trinajstić information content (AvgIpc) is 3.19. The minimum absolute atomic E-state index is 0.0719. The van der Waals surface area contributed by atoms with Gasteiger partial charge < -0.3 is 20.1 Å². The van der Waals surface area contributed by atoms with Gasteiger partial charge in [0, 0.05) is 6.54 Å². The van der Waals surface area contributed by atoms with Crippen LogP contribution in [0.1, 0.15) is 29.2 Å². The summed E-state index contributed by atoms with van der Waals surface area (Å²) in [5.41, 5.74) is 2.90. The molecule has 24 heavy (non-hydrogen) atoms. The topological polar surface area (TPSA) is 59.6 Å². The van der Waals surface area contributed by atoms with E-state index in [4.69, 9.17) is 9.47 Å². The van der Waals surface area contributed by atoms with E-state index in [0.29, 0.717) is 12.3 Å². The predicted octanol–water partition coefficient (Wildman–Crippen LogP) is 3.04. The molecule has 2 aliphatic rings.